The third-order valence-electron chi connectivity index (χ3n) is 2.20. The van der Waals surface area contributed by atoms with Gasteiger partial charge in [0.15, 0.2) is 5.69 Å². The Morgan fingerprint density at radius 2 is 2.64 bits per heavy atom. The van der Waals surface area contributed by atoms with Crippen molar-refractivity contribution in [2.75, 3.05) is 6.61 Å². The number of hydrogen-bond donors (Lipinski definition) is 1. The Labute approximate surface area is 85.5 Å². The minimum Gasteiger partial charge on any atom is -0.476 e. The van der Waals surface area contributed by atoms with Crippen LogP contribution < -0.4 is 0 Å². The molecule has 1 N–H and O–H groups in total. The van der Waals surface area contributed by atoms with Gasteiger partial charge in [0.05, 0.1) is 11.1 Å². The van der Waals surface area contributed by atoms with Crippen molar-refractivity contribution in [3.63, 3.8) is 0 Å². The Morgan fingerprint density at radius 3 is 3.21 bits per heavy atom. The first-order chi connectivity index (χ1) is 6.75. The van der Waals surface area contributed by atoms with Crippen LogP contribution >= 0.6 is 11.3 Å². The fourth-order valence-corrected chi connectivity index (χ4v) is 2.34. The number of nitrogens with zero attached hydrogens (tertiary/aromatic N) is 1. The van der Waals surface area contributed by atoms with Crippen molar-refractivity contribution >= 4 is 17.3 Å². The molecule has 0 saturated carbocycles. The molecule has 1 saturated heterocycles. The SMILES string of the molecule is O=C(O)c1csc(CC2CCCO2)n1. The lowest BCUT2D eigenvalue weighted by atomic mass is 10.2. The van der Waals surface area contributed by atoms with Crippen LogP contribution in [0.5, 0.6) is 0 Å². The molecule has 1 aliphatic rings. The van der Waals surface area contributed by atoms with E-state index in [1.54, 1.807) is 5.38 Å². The normalized spacial score (nSPS) is 21.3. The van der Waals surface area contributed by atoms with Crippen molar-refractivity contribution in [2.24, 2.45) is 0 Å². The molecule has 0 aromatic carbocycles. The van der Waals surface area contributed by atoms with Gasteiger partial charge in [-0.2, -0.15) is 0 Å². The molecule has 4 nitrogen and oxygen atoms in total. The van der Waals surface area contributed by atoms with E-state index in [1.807, 2.05) is 0 Å². The van der Waals surface area contributed by atoms with Crippen molar-refractivity contribution in [3.05, 3.63) is 16.1 Å². The van der Waals surface area contributed by atoms with Crippen molar-refractivity contribution in [1.82, 2.24) is 4.98 Å². The van der Waals surface area contributed by atoms with E-state index in [9.17, 15) is 4.79 Å². The summed E-state index contributed by atoms with van der Waals surface area (Å²) in [4.78, 5) is 14.6. The van der Waals surface area contributed by atoms with Crippen LogP contribution in [-0.2, 0) is 11.2 Å². The van der Waals surface area contributed by atoms with Crippen LogP contribution in [0.2, 0.25) is 0 Å². The van der Waals surface area contributed by atoms with E-state index in [4.69, 9.17) is 9.84 Å². The third kappa shape index (κ3) is 2.10. The number of aromatic nitrogens is 1. The summed E-state index contributed by atoms with van der Waals surface area (Å²) in [6.07, 6.45) is 3.14. The summed E-state index contributed by atoms with van der Waals surface area (Å²) in [6, 6.07) is 0. The summed E-state index contributed by atoms with van der Waals surface area (Å²) in [5.74, 6) is -0.958. The molecule has 0 spiro atoms. The van der Waals surface area contributed by atoms with E-state index < -0.39 is 5.97 Å². The molecule has 1 aromatic rings. The van der Waals surface area contributed by atoms with Crippen LogP contribution in [0.1, 0.15) is 28.3 Å². The summed E-state index contributed by atoms with van der Waals surface area (Å²) < 4.78 is 5.45. The fraction of sp³-hybridized carbons (Fsp3) is 0.556. The molecular weight excluding hydrogens is 202 g/mol. The molecule has 1 aromatic heterocycles. The average molecular weight is 213 g/mol. The van der Waals surface area contributed by atoms with Crippen molar-refractivity contribution in [1.29, 1.82) is 0 Å². The zero-order valence-corrected chi connectivity index (χ0v) is 8.42. The first-order valence-electron chi connectivity index (χ1n) is 4.55. The number of carboxylic acids is 1. The number of thiazole rings is 1. The number of ether oxygens (including phenoxy) is 1. The van der Waals surface area contributed by atoms with Gasteiger partial charge in [-0.15, -0.1) is 11.3 Å². The predicted molar refractivity (Wildman–Crippen MR) is 51.8 cm³/mol. The van der Waals surface area contributed by atoms with Gasteiger partial charge in [-0.3, -0.25) is 0 Å². The van der Waals surface area contributed by atoms with Crippen molar-refractivity contribution < 1.29 is 14.6 Å². The Hall–Kier alpha value is -0.940. The second-order valence-electron chi connectivity index (χ2n) is 3.27. The maximum Gasteiger partial charge on any atom is 0.355 e. The number of aromatic carboxylic acids is 1. The average Bonchev–Trinajstić information content (AvgIpc) is 2.75. The highest BCUT2D eigenvalue weighted by molar-refractivity contribution is 7.09. The quantitative estimate of drug-likeness (QED) is 0.827. The number of carbonyl (C=O) groups is 1. The molecule has 0 amide bonds. The summed E-state index contributed by atoms with van der Waals surface area (Å²) >= 11 is 1.39. The molecule has 1 unspecified atom stereocenters. The van der Waals surface area contributed by atoms with Crippen molar-refractivity contribution in [3.8, 4) is 0 Å². The smallest absolute Gasteiger partial charge is 0.355 e. The van der Waals surface area contributed by atoms with E-state index >= 15 is 0 Å². The second-order valence-corrected chi connectivity index (χ2v) is 4.21. The fourth-order valence-electron chi connectivity index (χ4n) is 1.50. The summed E-state index contributed by atoms with van der Waals surface area (Å²) in [7, 11) is 0. The summed E-state index contributed by atoms with van der Waals surface area (Å²) in [5.41, 5.74) is 0.142. The van der Waals surface area contributed by atoms with Crippen LogP contribution in [0.15, 0.2) is 5.38 Å². The zero-order valence-electron chi connectivity index (χ0n) is 7.60. The van der Waals surface area contributed by atoms with E-state index in [1.165, 1.54) is 11.3 Å². The molecule has 0 aliphatic carbocycles. The Morgan fingerprint density at radius 1 is 1.79 bits per heavy atom. The van der Waals surface area contributed by atoms with Gasteiger partial charge in [-0.25, -0.2) is 9.78 Å². The van der Waals surface area contributed by atoms with Gasteiger partial charge in [0.2, 0.25) is 0 Å². The molecule has 0 bridgehead atoms. The highest BCUT2D eigenvalue weighted by Crippen LogP contribution is 2.19. The Bertz CT molecular complexity index is 331. The van der Waals surface area contributed by atoms with Gasteiger partial charge < -0.3 is 9.84 Å². The molecule has 1 fully saturated rings. The lowest BCUT2D eigenvalue weighted by Crippen LogP contribution is -2.08. The lowest BCUT2D eigenvalue weighted by molar-refractivity contribution is 0.0690. The number of hydrogen-bond acceptors (Lipinski definition) is 4. The minimum absolute atomic E-state index is 0.142. The molecule has 76 valence electrons. The molecular formula is C9H11NO3S. The minimum atomic E-state index is -0.958. The van der Waals surface area contributed by atoms with Gasteiger partial charge in [-0.05, 0) is 12.8 Å². The monoisotopic (exact) mass is 213 g/mol. The van der Waals surface area contributed by atoms with Crippen molar-refractivity contribution in [2.45, 2.75) is 25.4 Å². The first kappa shape index (κ1) is 9.61. The van der Waals surface area contributed by atoms with Gasteiger partial charge in [0.1, 0.15) is 0 Å². The van der Waals surface area contributed by atoms with E-state index in [-0.39, 0.29) is 11.8 Å². The molecule has 5 heteroatoms. The maximum absolute atomic E-state index is 10.6. The van der Waals surface area contributed by atoms with Gasteiger partial charge >= 0.3 is 5.97 Å². The molecule has 14 heavy (non-hydrogen) atoms. The number of carboxylic acid groups (broad SMARTS) is 1. The molecule has 2 rings (SSSR count). The van der Waals surface area contributed by atoms with Crippen LogP contribution in [0.3, 0.4) is 0 Å². The summed E-state index contributed by atoms with van der Waals surface area (Å²) in [6.45, 7) is 0.821. The van der Waals surface area contributed by atoms with Gasteiger partial charge in [-0.1, -0.05) is 0 Å². The summed E-state index contributed by atoms with van der Waals surface area (Å²) in [5, 5.41) is 11.1. The highest BCUT2D eigenvalue weighted by Gasteiger charge is 2.18. The third-order valence-corrected chi connectivity index (χ3v) is 3.07. The van der Waals surface area contributed by atoms with E-state index in [0.717, 1.165) is 30.9 Å². The molecule has 2 heterocycles. The number of rotatable bonds is 3. The van der Waals surface area contributed by atoms with Crippen LogP contribution in [0.25, 0.3) is 0 Å². The highest BCUT2D eigenvalue weighted by atomic mass is 32.1. The van der Waals surface area contributed by atoms with Gasteiger partial charge in [0.25, 0.3) is 0 Å². The molecule has 1 atom stereocenters. The van der Waals surface area contributed by atoms with Gasteiger partial charge in [0, 0.05) is 18.4 Å². The second kappa shape index (κ2) is 4.06. The zero-order chi connectivity index (χ0) is 9.97. The van der Waals surface area contributed by atoms with E-state index in [2.05, 4.69) is 4.98 Å². The maximum atomic E-state index is 10.6. The lowest BCUT2D eigenvalue weighted by Gasteiger charge is -2.05. The molecule has 1 aliphatic heterocycles. The first-order valence-corrected chi connectivity index (χ1v) is 5.43. The van der Waals surface area contributed by atoms with E-state index in [0.29, 0.717) is 0 Å². The Balaban J connectivity index is 1.98. The van der Waals surface area contributed by atoms with Crippen LogP contribution in [0.4, 0.5) is 0 Å². The largest absolute Gasteiger partial charge is 0.476 e. The molecule has 0 radical (unpaired) electrons. The van der Waals surface area contributed by atoms with Crippen LogP contribution in [-0.4, -0.2) is 28.8 Å². The van der Waals surface area contributed by atoms with Crippen LogP contribution in [0, 0.1) is 0 Å². The topological polar surface area (TPSA) is 59.4 Å². The predicted octanol–water partition coefficient (Wildman–Crippen LogP) is 1.56. The Kier molecular flexibility index (Phi) is 2.79. The standard InChI is InChI=1S/C9H11NO3S/c11-9(12)7-5-14-8(10-7)4-6-2-1-3-13-6/h5-6H,1-4H2,(H,11,12).